The van der Waals surface area contributed by atoms with Crippen LogP contribution in [0.4, 0.5) is 0 Å². The highest BCUT2D eigenvalue weighted by molar-refractivity contribution is 7.88. The van der Waals surface area contributed by atoms with E-state index in [4.69, 9.17) is 4.74 Å². The van der Waals surface area contributed by atoms with Gasteiger partial charge in [-0.05, 0) is 30.4 Å². The van der Waals surface area contributed by atoms with Crippen molar-refractivity contribution >= 4 is 22.0 Å². The summed E-state index contributed by atoms with van der Waals surface area (Å²) in [5.74, 6) is -2.00. The zero-order chi connectivity index (χ0) is 18.2. The number of hydrogen-bond donors (Lipinski definition) is 1. The fourth-order valence-corrected chi connectivity index (χ4v) is 5.71. The number of methoxy groups -OCH3 is 1. The Morgan fingerprint density at radius 1 is 1.36 bits per heavy atom. The molecule has 2 unspecified atom stereocenters. The number of carbonyl (C=O) groups is 2. The Balaban J connectivity index is 1.85. The van der Waals surface area contributed by atoms with Gasteiger partial charge in [0.1, 0.15) is 0 Å². The molecule has 1 N–H and O–H groups in total. The van der Waals surface area contributed by atoms with Crippen molar-refractivity contribution in [3.05, 3.63) is 35.4 Å². The number of rotatable bonds is 5. The highest BCUT2D eigenvalue weighted by atomic mass is 32.2. The number of sulfonamides is 1. The summed E-state index contributed by atoms with van der Waals surface area (Å²) in [6, 6.07) is 6.40. The first-order valence-electron chi connectivity index (χ1n) is 8.17. The summed E-state index contributed by atoms with van der Waals surface area (Å²) < 4.78 is 31.7. The first-order valence-corrected chi connectivity index (χ1v) is 9.78. The molecule has 0 bridgehead atoms. The van der Waals surface area contributed by atoms with Crippen LogP contribution in [0.5, 0.6) is 0 Å². The Morgan fingerprint density at radius 2 is 2.08 bits per heavy atom. The van der Waals surface area contributed by atoms with Crippen LogP contribution in [-0.4, -0.2) is 50.0 Å². The van der Waals surface area contributed by atoms with Gasteiger partial charge in [0.05, 0.1) is 23.8 Å². The van der Waals surface area contributed by atoms with Gasteiger partial charge in [0.2, 0.25) is 10.0 Å². The molecule has 7 nitrogen and oxygen atoms in total. The van der Waals surface area contributed by atoms with Crippen LogP contribution >= 0.6 is 0 Å². The fourth-order valence-electron chi connectivity index (χ4n) is 4.05. The van der Waals surface area contributed by atoms with Gasteiger partial charge in [-0.15, -0.1) is 0 Å². The summed E-state index contributed by atoms with van der Waals surface area (Å²) in [6.07, 6.45) is 2.06. The topological polar surface area (TPSA) is 101 Å². The van der Waals surface area contributed by atoms with Crippen molar-refractivity contribution < 1.29 is 27.9 Å². The zero-order valence-electron chi connectivity index (χ0n) is 14.0. The number of carboxylic acid groups (broad SMARTS) is 1. The predicted octanol–water partition coefficient (Wildman–Crippen LogP) is 1.49. The Kier molecular flexibility index (Phi) is 4.59. The highest BCUT2D eigenvalue weighted by Crippen LogP contribution is 2.49. The number of benzene rings is 1. The van der Waals surface area contributed by atoms with Gasteiger partial charge in [0.15, 0.2) is 0 Å². The minimum Gasteiger partial charge on any atom is -0.481 e. The SMILES string of the molecule is COC(=O)c1ccccc1CS(=O)(=O)N1CC2CCCC2(C(=O)O)C1. The third-order valence-corrected chi connectivity index (χ3v) is 7.16. The first kappa shape index (κ1) is 17.9. The summed E-state index contributed by atoms with van der Waals surface area (Å²) >= 11 is 0. The lowest BCUT2D eigenvalue weighted by molar-refractivity contribution is -0.149. The molecule has 1 aliphatic carbocycles. The normalized spacial score (nSPS) is 26.4. The molecule has 2 atom stereocenters. The predicted molar refractivity (Wildman–Crippen MR) is 89.4 cm³/mol. The Morgan fingerprint density at radius 3 is 2.72 bits per heavy atom. The molecule has 2 aliphatic rings. The first-order chi connectivity index (χ1) is 11.8. The van der Waals surface area contributed by atoms with Crippen molar-refractivity contribution in [3.8, 4) is 0 Å². The summed E-state index contributed by atoms with van der Waals surface area (Å²) in [5.41, 5.74) is -0.397. The van der Waals surface area contributed by atoms with Gasteiger partial charge in [-0.2, -0.15) is 0 Å². The van der Waals surface area contributed by atoms with Crippen molar-refractivity contribution in [1.82, 2.24) is 4.31 Å². The van der Waals surface area contributed by atoms with E-state index in [1.54, 1.807) is 18.2 Å². The third kappa shape index (κ3) is 3.04. The summed E-state index contributed by atoms with van der Waals surface area (Å²) in [6.45, 7) is 0.241. The summed E-state index contributed by atoms with van der Waals surface area (Å²) in [4.78, 5) is 23.6. The molecule has 0 amide bonds. The molecule has 1 aromatic rings. The van der Waals surface area contributed by atoms with Gasteiger partial charge < -0.3 is 9.84 Å². The van der Waals surface area contributed by atoms with Crippen molar-refractivity contribution in [2.75, 3.05) is 20.2 Å². The summed E-state index contributed by atoms with van der Waals surface area (Å²) in [7, 11) is -2.49. The van der Waals surface area contributed by atoms with E-state index in [1.165, 1.54) is 17.5 Å². The van der Waals surface area contributed by atoms with Crippen molar-refractivity contribution in [3.63, 3.8) is 0 Å². The molecule has 2 fully saturated rings. The molecule has 1 saturated carbocycles. The minimum atomic E-state index is -3.73. The highest BCUT2D eigenvalue weighted by Gasteiger charge is 2.57. The second-order valence-corrected chi connectivity index (χ2v) is 8.72. The van der Waals surface area contributed by atoms with E-state index in [0.29, 0.717) is 12.0 Å². The fraction of sp³-hybridized carbons (Fsp3) is 0.529. The monoisotopic (exact) mass is 367 g/mol. The number of aliphatic carboxylic acids is 1. The van der Waals surface area contributed by atoms with Gasteiger partial charge in [-0.1, -0.05) is 24.6 Å². The molecule has 0 aromatic heterocycles. The molecule has 25 heavy (non-hydrogen) atoms. The number of carbonyl (C=O) groups excluding carboxylic acids is 1. The third-order valence-electron chi connectivity index (χ3n) is 5.42. The lowest BCUT2D eigenvalue weighted by atomic mass is 9.81. The van der Waals surface area contributed by atoms with Crippen LogP contribution in [0.3, 0.4) is 0 Å². The second-order valence-electron chi connectivity index (χ2n) is 6.75. The van der Waals surface area contributed by atoms with E-state index >= 15 is 0 Å². The van der Waals surface area contributed by atoms with E-state index in [0.717, 1.165) is 12.8 Å². The molecule has 0 radical (unpaired) electrons. The standard InChI is InChI=1S/C17H21NO6S/c1-24-15(19)14-7-3-2-5-12(14)10-25(22,23)18-9-13-6-4-8-17(13,11-18)16(20)21/h2-3,5,7,13H,4,6,8-11H2,1H3,(H,20,21). The second kappa shape index (κ2) is 6.42. The maximum Gasteiger partial charge on any atom is 0.338 e. The van der Waals surface area contributed by atoms with Crippen molar-refractivity contribution in [1.29, 1.82) is 0 Å². The van der Waals surface area contributed by atoms with Crippen LogP contribution in [0.15, 0.2) is 24.3 Å². The number of esters is 1. The largest absolute Gasteiger partial charge is 0.481 e. The van der Waals surface area contributed by atoms with Crippen LogP contribution in [0, 0.1) is 11.3 Å². The molecular formula is C17H21NO6S. The molecule has 8 heteroatoms. The van der Waals surface area contributed by atoms with E-state index in [1.807, 2.05) is 0 Å². The quantitative estimate of drug-likeness (QED) is 0.791. The van der Waals surface area contributed by atoms with Gasteiger partial charge in [0.25, 0.3) is 0 Å². The molecule has 3 rings (SSSR count). The van der Waals surface area contributed by atoms with E-state index in [-0.39, 0.29) is 30.3 Å². The lowest BCUT2D eigenvalue weighted by Crippen LogP contribution is -2.37. The molecule has 1 heterocycles. The average Bonchev–Trinajstić information content (AvgIpc) is 3.13. The lowest BCUT2D eigenvalue weighted by Gasteiger charge is -2.23. The number of hydrogen-bond acceptors (Lipinski definition) is 5. The number of fused-ring (bicyclic) bond motifs is 1. The molecule has 0 spiro atoms. The maximum absolute atomic E-state index is 12.8. The Hall–Kier alpha value is -1.93. The number of ether oxygens (including phenoxy) is 1. The molecule has 1 saturated heterocycles. The summed E-state index contributed by atoms with van der Waals surface area (Å²) in [5, 5.41) is 9.61. The number of carboxylic acids is 1. The van der Waals surface area contributed by atoms with Crippen molar-refractivity contribution in [2.45, 2.75) is 25.0 Å². The molecule has 136 valence electrons. The Labute approximate surface area is 146 Å². The van der Waals surface area contributed by atoms with Crippen LogP contribution in [0.25, 0.3) is 0 Å². The van der Waals surface area contributed by atoms with E-state index in [2.05, 4.69) is 0 Å². The van der Waals surface area contributed by atoms with Gasteiger partial charge in [-0.3, -0.25) is 4.79 Å². The van der Waals surface area contributed by atoms with E-state index in [9.17, 15) is 23.1 Å². The maximum atomic E-state index is 12.8. The van der Waals surface area contributed by atoms with E-state index < -0.39 is 27.4 Å². The molecule has 1 aliphatic heterocycles. The smallest absolute Gasteiger partial charge is 0.338 e. The Bertz CT molecular complexity index is 805. The molecule has 1 aromatic carbocycles. The number of nitrogens with zero attached hydrogens (tertiary/aromatic N) is 1. The van der Waals surface area contributed by atoms with Crippen LogP contribution in [0.1, 0.15) is 35.2 Å². The van der Waals surface area contributed by atoms with Crippen molar-refractivity contribution in [2.24, 2.45) is 11.3 Å². The van der Waals surface area contributed by atoms with Crippen LogP contribution in [-0.2, 0) is 25.3 Å². The van der Waals surface area contributed by atoms with Crippen LogP contribution in [0.2, 0.25) is 0 Å². The van der Waals surface area contributed by atoms with Gasteiger partial charge in [0, 0.05) is 13.1 Å². The minimum absolute atomic E-state index is 0.00965. The zero-order valence-corrected chi connectivity index (χ0v) is 14.8. The van der Waals surface area contributed by atoms with Crippen LogP contribution < -0.4 is 0 Å². The van der Waals surface area contributed by atoms with Gasteiger partial charge in [-0.25, -0.2) is 17.5 Å². The van der Waals surface area contributed by atoms with Gasteiger partial charge >= 0.3 is 11.9 Å². The average molecular weight is 367 g/mol. The molecular weight excluding hydrogens is 346 g/mol.